The van der Waals surface area contributed by atoms with Gasteiger partial charge in [0.2, 0.25) is 0 Å². The molecule has 1 amide bonds. The molecular weight excluding hydrogens is 244 g/mol. The molecule has 0 aliphatic heterocycles. The lowest BCUT2D eigenvalue weighted by molar-refractivity contribution is -0.118. The Hall–Kier alpha value is -2.50. The average molecular weight is 260 g/mol. The minimum Gasteiger partial charge on any atom is -0.484 e. The molecule has 2 rings (SSSR count). The minimum absolute atomic E-state index is 0.0757. The smallest absolute Gasteiger partial charge is 0.263 e. The normalized spacial score (nSPS) is 10.2. The first-order chi connectivity index (χ1) is 9.04. The number of hydrogen-bond donors (Lipinski definition) is 2. The zero-order chi connectivity index (χ0) is 13.8. The summed E-state index contributed by atoms with van der Waals surface area (Å²) in [7, 11) is 1.77. The molecule has 1 aromatic carbocycles. The van der Waals surface area contributed by atoms with E-state index in [4.69, 9.17) is 10.5 Å². The molecule has 0 aliphatic rings. The summed E-state index contributed by atoms with van der Waals surface area (Å²) in [5.74, 6) is 0.959. The second-order valence-electron chi connectivity index (χ2n) is 4.20. The molecule has 0 saturated carbocycles. The molecule has 19 heavy (non-hydrogen) atoms. The monoisotopic (exact) mass is 260 g/mol. The molecule has 100 valence electrons. The van der Waals surface area contributed by atoms with Crippen LogP contribution >= 0.6 is 0 Å². The Kier molecular flexibility index (Phi) is 3.70. The van der Waals surface area contributed by atoms with E-state index in [-0.39, 0.29) is 12.5 Å². The van der Waals surface area contributed by atoms with Gasteiger partial charge in [0.05, 0.1) is 5.69 Å². The van der Waals surface area contributed by atoms with Crippen molar-refractivity contribution >= 4 is 17.4 Å². The molecule has 1 heterocycles. The van der Waals surface area contributed by atoms with Gasteiger partial charge >= 0.3 is 0 Å². The highest BCUT2D eigenvalue weighted by Crippen LogP contribution is 2.14. The third kappa shape index (κ3) is 3.48. The van der Waals surface area contributed by atoms with E-state index >= 15 is 0 Å². The number of ether oxygens (including phenoxy) is 1. The van der Waals surface area contributed by atoms with Crippen molar-refractivity contribution in [3.63, 3.8) is 0 Å². The standard InChI is InChI=1S/C13H16N4O2/c1-9-6-12(17(2)16-9)15-13(18)8-19-11-5-3-4-10(14)7-11/h3-7H,8,14H2,1-2H3,(H,15,18). The first-order valence-electron chi connectivity index (χ1n) is 5.83. The Morgan fingerprint density at radius 1 is 1.47 bits per heavy atom. The molecule has 0 aliphatic carbocycles. The maximum absolute atomic E-state index is 11.7. The maximum atomic E-state index is 11.7. The van der Waals surface area contributed by atoms with Crippen LogP contribution < -0.4 is 15.8 Å². The lowest BCUT2D eigenvalue weighted by Gasteiger charge is -2.07. The molecular formula is C13H16N4O2. The number of hydrogen-bond acceptors (Lipinski definition) is 4. The van der Waals surface area contributed by atoms with Crippen LogP contribution in [-0.4, -0.2) is 22.3 Å². The van der Waals surface area contributed by atoms with Crippen molar-refractivity contribution in [1.29, 1.82) is 0 Å². The highest BCUT2D eigenvalue weighted by Gasteiger charge is 2.07. The van der Waals surface area contributed by atoms with Gasteiger partial charge in [-0.1, -0.05) is 6.07 Å². The number of aryl methyl sites for hydroxylation is 2. The first kappa shape index (κ1) is 12.9. The van der Waals surface area contributed by atoms with Gasteiger partial charge in [-0.25, -0.2) is 0 Å². The second kappa shape index (κ2) is 5.43. The number of nitrogens with two attached hydrogens (primary N) is 1. The zero-order valence-corrected chi connectivity index (χ0v) is 10.9. The molecule has 0 bridgehead atoms. The van der Waals surface area contributed by atoms with Crippen LogP contribution in [0.5, 0.6) is 5.75 Å². The van der Waals surface area contributed by atoms with Gasteiger partial charge < -0.3 is 15.8 Å². The van der Waals surface area contributed by atoms with Crippen LogP contribution in [0.1, 0.15) is 5.69 Å². The number of aromatic nitrogens is 2. The van der Waals surface area contributed by atoms with Crippen LogP contribution in [0.25, 0.3) is 0 Å². The van der Waals surface area contributed by atoms with E-state index in [1.165, 1.54) is 0 Å². The van der Waals surface area contributed by atoms with Crippen LogP contribution in [0.4, 0.5) is 11.5 Å². The van der Waals surface area contributed by atoms with Gasteiger partial charge in [0.1, 0.15) is 11.6 Å². The van der Waals surface area contributed by atoms with Crippen molar-refractivity contribution in [1.82, 2.24) is 9.78 Å². The summed E-state index contributed by atoms with van der Waals surface area (Å²) >= 11 is 0. The third-order valence-corrected chi connectivity index (χ3v) is 2.50. The second-order valence-corrected chi connectivity index (χ2v) is 4.20. The van der Waals surface area contributed by atoms with Crippen molar-refractivity contribution in [2.45, 2.75) is 6.92 Å². The van der Waals surface area contributed by atoms with Crippen molar-refractivity contribution < 1.29 is 9.53 Å². The maximum Gasteiger partial charge on any atom is 0.263 e. The molecule has 2 aromatic rings. The topological polar surface area (TPSA) is 82.2 Å². The molecule has 0 saturated heterocycles. The predicted octanol–water partition coefficient (Wildman–Crippen LogP) is 1.33. The van der Waals surface area contributed by atoms with E-state index in [2.05, 4.69) is 10.4 Å². The summed E-state index contributed by atoms with van der Waals surface area (Å²) in [6.07, 6.45) is 0. The van der Waals surface area contributed by atoms with Crippen LogP contribution in [-0.2, 0) is 11.8 Å². The van der Waals surface area contributed by atoms with Crippen LogP contribution in [0, 0.1) is 6.92 Å². The van der Waals surface area contributed by atoms with Crippen molar-refractivity contribution in [3.05, 3.63) is 36.0 Å². The van der Waals surface area contributed by atoms with Gasteiger partial charge in [0.15, 0.2) is 6.61 Å². The predicted molar refractivity (Wildman–Crippen MR) is 72.9 cm³/mol. The van der Waals surface area contributed by atoms with E-state index < -0.39 is 0 Å². The van der Waals surface area contributed by atoms with Crippen molar-refractivity contribution in [2.24, 2.45) is 7.05 Å². The number of nitrogens with one attached hydrogen (secondary N) is 1. The van der Waals surface area contributed by atoms with E-state index in [0.717, 1.165) is 5.69 Å². The molecule has 0 fully saturated rings. The zero-order valence-electron chi connectivity index (χ0n) is 10.9. The molecule has 1 aromatic heterocycles. The van der Waals surface area contributed by atoms with Gasteiger partial charge in [-0.15, -0.1) is 0 Å². The largest absolute Gasteiger partial charge is 0.484 e. The van der Waals surface area contributed by atoms with Crippen molar-refractivity contribution in [3.8, 4) is 5.75 Å². The fraction of sp³-hybridized carbons (Fsp3) is 0.231. The summed E-state index contributed by atoms with van der Waals surface area (Å²) in [4.78, 5) is 11.7. The fourth-order valence-electron chi connectivity index (χ4n) is 1.66. The van der Waals surface area contributed by atoms with Crippen LogP contribution in [0.2, 0.25) is 0 Å². The van der Waals surface area contributed by atoms with Crippen molar-refractivity contribution in [2.75, 3.05) is 17.7 Å². The first-order valence-corrected chi connectivity index (χ1v) is 5.83. The Morgan fingerprint density at radius 3 is 2.89 bits per heavy atom. The molecule has 6 nitrogen and oxygen atoms in total. The number of anilines is 2. The Balaban J connectivity index is 1.90. The number of amides is 1. The molecule has 0 spiro atoms. The third-order valence-electron chi connectivity index (χ3n) is 2.50. The van der Waals surface area contributed by atoms with Gasteiger partial charge in [-0.3, -0.25) is 9.48 Å². The lowest BCUT2D eigenvalue weighted by atomic mass is 10.3. The van der Waals surface area contributed by atoms with E-state index in [1.807, 2.05) is 6.92 Å². The number of carbonyl (C=O) groups excluding carboxylic acids is 1. The van der Waals surface area contributed by atoms with E-state index in [9.17, 15) is 4.79 Å². The van der Waals surface area contributed by atoms with Crippen LogP contribution in [0.15, 0.2) is 30.3 Å². The Bertz CT molecular complexity index is 592. The summed E-state index contributed by atoms with van der Waals surface area (Å²) in [5, 5.41) is 6.86. The highest BCUT2D eigenvalue weighted by molar-refractivity contribution is 5.91. The summed E-state index contributed by atoms with van der Waals surface area (Å²) in [6, 6.07) is 8.73. The Labute approximate surface area is 111 Å². The molecule has 3 N–H and O–H groups in total. The molecule has 0 atom stereocenters. The van der Waals surface area contributed by atoms with E-state index in [0.29, 0.717) is 17.3 Å². The molecule has 6 heteroatoms. The quantitative estimate of drug-likeness (QED) is 0.812. The van der Waals surface area contributed by atoms with Gasteiger partial charge in [-0.05, 0) is 19.1 Å². The number of nitrogens with zero attached hydrogens (tertiary/aromatic N) is 2. The lowest BCUT2D eigenvalue weighted by Crippen LogP contribution is -2.21. The molecule has 0 unspecified atom stereocenters. The van der Waals surface area contributed by atoms with Gasteiger partial charge in [-0.2, -0.15) is 5.10 Å². The van der Waals surface area contributed by atoms with Crippen LogP contribution in [0.3, 0.4) is 0 Å². The van der Waals surface area contributed by atoms with Gasteiger partial charge in [0, 0.05) is 24.9 Å². The highest BCUT2D eigenvalue weighted by atomic mass is 16.5. The SMILES string of the molecule is Cc1cc(NC(=O)COc2cccc(N)c2)n(C)n1. The Morgan fingerprint density at radius 2 is 2.26 bits per heavy atom. The average Bonchev–Trinajstić information content (AvgIpc) is 2.65. The summed E-state index contributed by atoms with van der Waals surface area (Å²) in [6.45, 7) is 1.78. The number of benzene rings is 1. The number of rotatable bonds is 4. The van der Waals surface area contributed by atoms with Gasteiger partial charge in [0.25, 0.3) is 5.91 Å². The number of nitrogen functional groups attached to an aromatic ring is 1. The molecule has 0 radical (unpaired) electrons. The summed E-state index contributed by atoms with van der Waals surface area (Å²) in [5.41, 5.74) is 7.06. The summed E-state index contributed by atoms with van der Waals surface area (Å²) < 4.78 is 6.95. The van der Waals surface area contributed by atoms with E-state index in [1.54, 1.807) is 42.1 Å². The fourth-order valence-corrected chi connectivity index (χ4v) is 1.66. The number of carbonyl (C=O) groups is 1. The minimum atomic E-state index is -0.245.